The Morgan fingerprint density at radius 2 is 2.24 bits per heavy atom. The maximum atomic E-state index is 13.6. The topological polar surface area (TPSA) is 66.8 Å². The van der Waals surface area contributed by atoms with E-state index in [2.05, 4.69) is 0 Å². The molecule has 1 N–H and O–H groups in total. The lowest BCUT2D eigenvalue weighted by atomic mass is 10.1. The number of hydrogen-bond acceptors (Lipinski definition) is 3. The molecule has 0 radical (unpaired) electrons. The average Bonchev–Trinajstić information content (AvgIpc) is 2.86. The number of amides is 1. The van der Waals surface area contributed by atoms with Crippen LogP contribution in [0.5, 0.6) is 5.75 Å². The fraction of sp³-hybridized carbons (Fsp3) is 0.467. The number of benzene rings is 1. The van der Waals surface area contributed by atoms with Gasteiger partial charge in [0.25, 0.3) is 0 Å². The lowest BCUT2D eigenvalue weighted by molar-refractivity contribution is -0.139. The normalized spacial score (nSPS) is 17.8. The third-order valence-electron chi connectivity index (χ3n) is 3.68. The average molecular weight is 295 g/mol. The number of likely N-dealkylation sites (tertiary alicyclic amines) is 1. The van der Waals surface area contributed by atoms with Gasteiger partial charge in [0.2, 0.25) is 5.91 Å². The van der Waals surface area contributed by atoms with E-state index in [1.165, 1.54) is 19.2 Å². The summed E-state index contributed by atoms with van der Waals surface area (Å²) in [7, 11) is 1.38. The number of nitrogens with zero attached hydrogens (tertiary/aromatic N) is 1. The number of carboxylic acid groups (broad SMARTS) is 1. The largest absolute Gasteiger partial charge is 0.494 e. The smallest absolute Gasteiger partial charge is 0.305 e. The van der Waals surface area contributed by atoms with Gasteiger partial charge in [-0.05, 0) is 30.5 Å². The summed E-state index contributed by atoms with van der Waals surface area (Å²) >= 11 is 0. The number of hydrogen-bond donors (Lipinski definition) is 1. The molecule has 1 aliphatic rings. The molecule has 1 atom stereocenters. The standard InChI is InChI=1S/C15H18FNO4/c1-21-13-5-4-10(7-12(13)16)8-14(18)17-6-2-3-11(17)9-15(19)20/h4-5,7,11H,2-3,6,8-9H2,1H3,(H,19,20). The Balaban J connectivity index is 2.03. The highest BCUT2D eigenvalue weighted by molar-refractivity contribution is 5.80. The molecule has 21 heavy (non-hydrogen) atoms. The van der Waals surface area contributed by atoms with Crippen LogP contribution in [0.2, 0.25) is 0 Å². The van der Waals surface area contributed by atoms with E-state index in [1.807, 2.05) is 0 Å². The maximum Gasteiger partial charge on any atom is 0.305 e. The van der Waals surface area contributed by atoms with Crippen molar-refractivity contribution in [3.63, 3.8) is 0 Å². The van der Waals surface area contributed by atoms with Crippen molar-refractivity contribution in [1.29, 1.82) is 0 Å². The van der Waals surface area contributed by atoms with Gasteiger partial charge in [0, 0.05) is 12.6 Å². The van der Waals surface area contributed by atoms with Crippen LogP contribution in [0.1, 0.15) is 24.8 Å². The third-order valence-corrected chi connectivity index (χ3v) is 3.68. The molecule has 0 bridgehead atoms. The number of aliphatic carboxylic acids is 1. The van der Waals surface area contributed by atoms with Crippen molar-refractivity contribution in [3.8, 4) is 5.75 Å². The fourth-order valence-electron chi connectivity index (χ4n) is 2.67. The van der Waals surface area contributed by atoms with Crippen molar-refractivity contribution in [2.24, 2.45) is 0 Å². The molecule has 1 saturated heterocycles. The van der Waals surface area contributed by atoms with Gasteiger partial charge in [-0.2, -0.15) is 0 Å². The molecule has 5 nitrogen and oxygen atoms in total. The molecular weight excluding hydrogens is 277 g/mol. The second kappa shape index (κ2) is 6.56. The lowest BCUT2D eigenvalue weighted by Gasteiger charge is -2.23. The zero-order valence-corrected chi connectivity index (χ0v) is 11.8. The van der Waals surface area contributed by atoms with E-state index in [-0.39, 0.29) is 30.5 Å². The van der Waals surface area contributed by atoms with Crippen LogP contribution in [-0.4, -0.2) is 41.6 Å². The first-order chi connectivity index (χ1) is 10.0. The number of halogens is 1. The van der Waals surface area contributed by atoms with Crippen molar-refractivity contribution >= 4 is 11.9 Å². The second-order valence-corrected chi connectivity index (χ2v) is 5.13. The Morgan fingerprint density at radius 3 is 2.86 bits per heavy atom. The Labute approximate surface area is 122 Å². The van der Waals surface area contributed by atoms with Gasteiger partial charge < -0.3 is 14.7 Å². The van der Waals surface area contributed by atoms with Gasteiger partial charge in [-0.3, -0.25) is 9.59 Å². The van der Waals surface area contributed by atoms with E-state index < -0.39 is 11.8 Å². The monoisotopic (exact) mass is 295 g/mol. The van der Waals surface area contributed by atoms with Crippen molar-refractivity contribution in [1.82, 2.24) is 4.90 Å². The second-order valence-electron chi connectivity index (χ2n) is 5.13. The summed E-state index contributed by atoms with van der Waals surface area (Å²) in [5.74, 6) is -1.44. The molecule has 0 saturated carbocycles. The van der Waals surface area contributed by atoms with Gasteiger partial charge in [-0.1, -0.05) is 6.07 Å². The number of carbonyl (C=O) groups is 2. The number of carboxylic acids is 1. The summed E-state index contributed by atoms with van der Waals surface area (Å²) in [5, 5.41) is 8.86. The zero-order valence-electron chi connectivity index (χ0n) is 11.8. The molecular formula is C15H18FNO4. The molecule has 1 amide bonds. The summed E-state index contributed by atoms with van der Waals surface area (Å²) in [6.45, 7) is 0.565. The first-order valence-corrected chi connectivity index (χ1v) is 6.85. The zero-order chi connectivity index (χ0) is 15.4. The lowest BCUT2D eigenvalue weighted by Crippen LogP contribution is -2.37. The first kappa shape index (κ1) is 15.3. The van der Waals surface area contributed by atoms with E-state index in [1.54, 1.807) is 11.0 Å². The number of carbonyl (C=O) groups excluding carboxylic acids is 1. The van der Waals surface area contributed by atoms with E-state index in [4.69, 9.17) is 9.84 Å². The van der Waals surface area contributed by atoms with Gasteiger partial charge in [0.15, 0.2) is 11.6 Å². The molecule has 0 spiro atoms. The molecule has 114 valence electrons. The molecule has 6 heteroatoms. The van der Waals surface area contributed by atoms with Crippen LogP contribution in [0, 0.1) is 5.82 Å². The third kappa shape index (κ3) is 3.71. The van der Waals surface area contributed by atoms with Crippen LogP contribution in [0.3, 0.4) is 0 Å². The summed E-state index contributed by atoms with van der Waals surface area (Å²) in [6, 6.07) is 4.15. The minimum Gasteiger partial charge on any atom is -0.494 e. The van der Waals surface area contributed by atoms with Crippen molar-refractivity contribution in [2.45, 2.75) is 31.7 Å². The van der Waals surface area contributed by atoms with E-state index in [9.17, 15) is 14.0 Å². The van der Waals surface area contributed by atoms with Gasteiger partial charge in [-0.15, -0.1) is 0 Å². The maximum absolute atomic E-state index is 13.6. The SMILES string of the molecule is COc1ccc(CC(=O)N2CCCC2CC(=O)O)cc1F. The van der Waals surface area contributed by atoms with Gasteiger partial charge in [0.05, 0.1) is 20.0 Å². The van der Waals surface area contributed by atoms with Crippen LogP contribution in [0.4, 0.5) is 4.39 Å². The van der Waals surface area contributed by atoms with E-state index >= 15 is 0 Å². The molecule has 1 aliphatic heterocycles. The number of rotatable bonds is 5. The molecule has 0 aromatic heterocycles. The van der Waals surface area contributed by atoms with Gasteiger partial charge in [0.1, 0.15) is 0 Å². The van der Waals surface area contributed by atoms with Crippen LogP contribution in [0.25, 0.3) is 0 Å². The molecule has 1 aromatic rings. The van der Waals surface area contributed by atoms with E-state index in [0.717, 1.165) is 6.42 Å². The summed E-state index contributed by atoms with van der Waals surface area (Å²) in [4.78, 5) is 24.6. The highest BCUT2D eigenvalue weighted by Crippen LogP contribution is 2.23. The minimum atomic E-state index is -0.907. The predicted molar refractivity (Wildman–Crippen MR) is 73.6 cm³/mol. The van der Waals surface area contributed by atoms with Crippen molar-refractivity contribution in [3.05, 3.63) is 29.6 Å². The fourth-order valence-corrected chi connectivity index (χ4v) is 2.67. The van der Waals surface area contributed by atoms with Gasteiger partial charge in [-0.25, -0.2) is 4.39 Å². The summed E-state index contributed by atoms with van der Waals surface area (Å²) in [6.07, 6.45) is 1.54. The summed E-state index contributed by atoms with van der Waals surface area (Å²) < 4.78 is 18.4. The number of methoxy groups -OCH3 is 1. The molecule has 2 rings (SSSR count). The van der Waals surface area contributed by atoms with Crippen molar-refractivity contribution in [2.75, 3.05) is 13.7 Å². The van der Waals surface area contributed by atoms with Crippen LogP contribution < -0.4 is 4.74 Å². The van der Waals surface area contributed by atoms with Crippen LogP contribution >= 0.6 is 0 Å². The Morgan fingerprint density at radius 1 is 1.48 bits per heavy atom. The van der Waals surface area contributed by atoms with Crippen LogP contribution in [0.15, 0.2) is 18.2 Å². The number of ether oxygens (including phenoxy) is 1. The molecule has 1 fully saturated rings. The predicted octanol–water partition coefficient (Wildman–Crippen LogP) is 1.84. The molecule has 1 heterocycles. The highest BCUT2D eigenvalue weighted by Gasteiger charge is 2.30. The molecule has 0 aliphatic carbocycles. The van der Waals surface area contributed by atoms with E-state index in [0.29, 0.717) is 18.5 Å². The first-order valence-electron chi connectivity index (χ1n) is 6.85. The Bertz CT molecular complexity index is 546. The summed E-state index contributed by atoms with van der Waals surface area (Å²) in [5.41, 5.74) is 0.555. The van der Waals surface area contributed by atoms with Crippen molar-refractivity contribution < 1.29 is 23.8 Å². The van der Waals surface area contributed by atoms with Gasteiger partial charge >= 0.3 is 5.97 Å². The quantitative estimate of drug-likeness (QED) is 0.900. The molecule has 1 aromatic carbocycles. The minimum absolute atomic E-state index is 0.0390. The molecule has 1 unspecified atom stereocenters. The Hall–Kier alpha value is -2.11. The Kier molecular flexibility index (Phi) is 4.77. The van der Waals surface area contributed by atoms with Crippen LogP contribution in [-0.2, 0) is 16.0 Å². The highest BCUT2D eigenvalue weighted by atomic mass is 19.1.